The smallest absolute Gasteiger partial charge is 0.339 e. The van der Waals surface area contributed by atoms with E-state index in [2.05, 4.69) is 15.1 Å². The van der Waals surface area contributed by atoms with Gasteiger partial charge in [0.1, 0.15) is 6.04 Å². The molecule has 1 heterocycles. The molecule has 2 rings (SSSR count). The summed E-state index contributed by atoms with van der Waals surface area (Å²) >= 11 is 0. The summed E-state index contributed by atoms with van der Waals surface area (Å²) in [4.78, 5) is 29.7. The summed E-state index contributed by atoms with van der Waals surface area (Å²) in [5, 5.41) is 3.57. The van der Waals surface area contributed by atoms with Gasteiger partial charge in [0.05, 0.1) is 7.11 Å². The molecule has 0 radical (unpaired) electrons. The molecule has 2 aromatic rings. The van der Waals surface area contributed by atoms with Crippen molar-refractivity contribution in [3.05, 3.63) is 40.9 Å². The number of esters is 1. The van der Waals surface area contributed by atoms with Crippen LogP contribution in [0.15, 0.2) is 30.5 Å². The van der Waals surface area contributed by atoms with Gasteiger partial charge in [-0.3, -0.25) is 4.79 Å². The minimum absolute atomic E-state index is 0.193. The van der Waals surface area contributed by atoms with Crippen molar-refractivity contribution in [1.29, 1.82) is 0 Å². The number of hydrogen-bond acceptors (Lipinski definition) is 3. The zero-order valence-electron chi connectivity index (χ0n) is 11.6. The van der Waals surface area contributed by atoms with E-state index in [4.69, 9.17) is 11.3 Å². The molecule has 1 aromatic carbocycles. The Morgan fingerprint density at radius 2 is 2.19 bits per heavy atom. The largest absolute Gasteiger partial charge is 0.467 e. The van der Waals surface area contributed by atoms with Crippen LogP contribution in [-0.2, 0) is 20.7 Å². The minimum Gasteiger partial charge on any atom is -0.467 e. The number of para-hydroxylation sites is 1. The summed E-state index contributed by atoms with van der Waals surface area (Å²) in [5.74, 6) is -0.932. The van der Waals surface area contributed by atoms with Gasteiger partial charge >= 0.3 is 18.4 Å². The van der Waals surface area contributed by atoms with E-state index >= 15 is 0 Å². The number of methoxy groups -OCH3 is 1. The maximum Gasteiger partial charge on any atom is 0.339 e. The van der Waals surface area contributed by atoms with Gasteiger partial charge in [-0.1, -0.05) is 23.0 Å². The molecule has 0 aliphatic carbocycles. The van der Waals surface area contributed by atoms with Gasteiger partial charge in [0.25, 0.3) is 6.57 Å². The van der Waals surface area contributed by atoms with E-state index in [1.807, 2.05) is 30.5 Å². The standard InChI is InChI=1S/C15H15N3O3/c1-16-9-14(19)18-13(15(20)21-2)7-10-8-17-12-6-4-3-5-11(10)12/h1,3-6,8,13,17H,7,9H2,2H3/p+1. The van der Waals surface area contributed by atoms with Crippen LogP contribution in [0, 0.1) is 6.57 Å². The van der Waals surface area contributed by atoms with E-state index in [0.717, 1.165) is 16.5 Å². The highest BCUT2D eigenvalue weighted by atomic mass is 16.5. The number of fused-ring (bicyclic) bond motifs is 1. The second kappa shape index (κ2) is 6.57. The van der Waals surface area contributed by atoms with Crippen LogP contribution in [0.2, 0.25) is 0 Å². The van der Waals surface area contributed by atoms with Crippen LogP contribution in [-0.4, -0.2) is 36.6 Å². The number of amides is 1. The molecular formula is C15H16N3O3+. The summed E-state index contributed by atoms with van der Waals surface area (Å²) in [6, 6.07) is 6.96. The fraction of sp³-hybridized carbons (Fsp3) is 0.267. The van der Waals surface area contributed by atoms with Crippen molar-refractivity contribution < 1.29 is 14.3 Å². The average Bonchev–Trinajstić information content (AvgIpc) is 2.89. The predicted octanol–water partition coefficient (Wildman–Crippen LogP) is 1.33. The van der Waals surface area contributed by atoms with E-state index in [-0.39, 0.29) is 6.54 Å². The summed E-state index contributed by atoms with van der Waals surface area (Å²) in [7, 11) is 1.28. The number of ether oxygens (including phenoxy) is 1. The zero-order valence-corrected chi connectivity index (χ0v) is 11.6. The van der Waals surface area contributed by atoms with Gasteiger partial charge in [-0.25, -0.2) is 4.79 Å². The number of nitrogens with zero attached hydrogens (tertiary/aromatic N) is 1. The second-order valence-corrected chi connectivity index (χ2v) is 4.55. The van der Waals surface area contributed by atoms with Crippen molar-refractivity contribution in [2.75, 3.05) is 13.7 Å². The van der Waals surface area contributed by atoms with Crippen molar-refractivity contribution in [2.24, 2.45) is 0 Å². The van der Waals surface area contributed by atoms with Crippen molar-refractivity contribution >= 4 is 22.8 Å². The maximum atomic E-state index is 11.8. The van der Waals surface area contributed by atoms with E-state index in [1.54, 1.807) is 0 Å². The lowest BCUT2D eigenvalue weighted by molar-refractivity contribution is -0.144. The Labute approximate surface area is 121 Å². The van der Waals surface area contributed by atoms with Crippen LogP contribution >= 0.6 is 0 Å². The molecule has 0 aliphatic heterocycles. The summed E-state index contributed by atoms with van der Waals surface area (Å²) < 4.78 is 4.73. The topological polar surface area (TPSA) is 75.5 Å². The number of hydrogen-bond donors (Lipinski definition) is 2. The average molecular weight is 286 g/mol. The van der Waals surface area contributed by atoms with Crippen LogP contribution in [0.4, 0.5) is 0 Å². The van der Waals surface area contributed by atoms with Gasteiger partial charge in [-0.15, -0.1) is 0 Å². The van der Waals surface area contributed by atoms with Crippen molar-refractivity contribution in [3.8, 4) is 6.57 Å². The highest BCUT2D eigenvalue weighted by molar-refractivity contribution is 5.88. The van der Waals surface area contributed by atoms with Crippen molar-refractivity contribution in [2.45, 2.75) is 12.5 Å². The number of aromatic nitrogens is 1. The van der Waals surface area contributed by atoms with Gasteiger partial charge in [-0.05, 0) is 11.6 Å². The Morgan fingerprint density at radius 3 is 2.90 bits per heavy atom. The van der Waals surface area contributed by atoms with Gasteiger partial charge in [-0.2, -0.15) is 0 Å². The molecule has 108 valence electrons. The lowest BCUT2D eigenvalue weighted by Gasteiger charge is -2.14. The number of nitrogens with one attached hydrogen (secondary N) is 2. The highest BCUT2D eigenvalue weighted by Gasteiger charge is 2.24. The molecule has 0 aliphatic rings. The first kappa shape index (κ1) is 14.6. The Balaban J connectivity index is 2.20. The molecular weight excluding hydrogens is 270 g/mol. The molecule has 1 aromatic heterocycles. The molecule has 0 spiro atoms. The highest BCUT2D eigenvalue weighted by Crippen LogP contribution is 2.19. The number of benzene rings is 1. The normalized spacial score (nSPS) is 11.6. The number of aromatic amines is 1. The molecule has 1 unspecified atom stereocenters. The molecule has 0 saturated heterocycles. The third kappa shape index (κ3) is 3.39. The van der Waals surface area contributed by atoms with E-state index in [1.165, 1.54) is 7.11 Å². The van der Waals surface area contributed by atoms with Crippen molar-refractivity contribution in [3.63, 3.8) is 0 Å². The molecule has 21 heavy (non-hydrogen) atoms. The lowest BCUT2D eigenvalue weighted by atomic mass is 10.0. The third-order valence-electron chi connectivity index (χ3n) is 3.15. The second-order valence-electron chi connectivity index (χ2n) is 4.55. The molecule has 0 saturated carbocycles. The van der Waals surface area contributed by atoms with Crippen LogP contribution in [0.3, 0.4) is 0 Å². The Bertz CT molecular complexity index is 699. The maximum absolute atomic E-state index is 11.8. The summed E-state index contributed by atoms with van der Waals surface area (Å²) in [5.41, 5.74) is 1.89. The van der Waals surface area contributed by atoms with Crippen LogP contribution < -0.4 is 5.32 Å². The Kier molecular flexibility index (Phi) is 4.57. The van der Waals surface area contributed by atoms with Gasteiger partial charge < -0.3 is 15.0 Å². The Hall–Kier alpha value is -2.81. The summed E-state index contributed by atoms with van der Waals surface area (Å²) in [6.07, 6.45) is 2.15. The van der Waals surface area contributed by atoms with Crippen LogP contribution in [0.1, 0.15) is 5.56 Å². The minimum atomic E-state index is -0.775. The van der Waals surface area contributed by atoms with Gasteiger partial charge in [0, 0.05) is 23.5 Å². The fourth-order valence-corrected chi connectivity index (χ4v) is 2.18. The molecule has 0 fully saturated rings. The van der Waals surface area contributed by atoms with Crippen LogP contribution in [0.5, 0.6) is 0 Å². The Morgan fingerprint density at radius 1 is 1.43 bits per heavy atom. The molecule has 1 amide bonds. The number of carbonyl (C=O) groups excluding carboxylic acids is 2. The zero-order chi connectivity index (χ0) is 15.2. The van der Waals surface area contributed by atoms with E-state index < -0.39 is 17.9 Å². The predicted molar refractivity (Wildman–Crippen MR) is 79.1 cm³/mol. The SMILES string of the molecule is C#[N+]CC(=O)NC(Cc1c[nH]c2ccccc12)C(=O)OC. The lowest BCUT2D eigenvalue weighted by Crippen LogP contribution is -2.43. The first-order valence-electron chi connectivity index (χ1n) is 6.44. The first-order chi connectivity index (χ1) is 10.2. The molecule has 1 atom stereocenters. The van der Waals surface area contributed by atoms with E-state index in [0.29, 0.717) is 6.42 Å². The fourth-order valence-electron chi connectivity index (χ4n) is 2.18. The van der Waals surface area contributed by atoms with Gasteiger partial charge in [0.15, 0.2) is 0 Å². The first-order valence-corrected chi connectivity index (χ1v) is 6.44. The quantitative estimate of drug-likeness (QED) is 0.814. The molecule has 0 bridgehead atoms. The van der Waals surface area contributed by atoms with Gasteiger partial charge in [0.2, 0.25) is 0 Å². The summed E-state index contributed by atoms with van der Waals surface area (Å²) in [6.45, 7) is 4.77. The van der Waals surface area contributed by atoms with Crippen LogP contribution in [0.25, 0.3) is 15.7 Å². The third-order valence-corrected chi connectivity index (χ3v) is 3.15. The van der Waals surface area contributed by atoms with Crippen molar-refractivity contribution in [1.82, 2.24) is 10.3 Å². The molecule has 2 N–H and O–H groups in total. The molecule has 6 nitrogen and oxygen atoms in total. The number of carbonyl (C=O) groups is 2. The molecule has 6 heteroatoms. The van der Waals surface area contributed by atoms with E-state index in [9.17, 15) is 9.59 Å². The monoisotopic (exact) mass is 286 g/mol. The number of H-pyrrole nitrogens is 1. The number of rotatable bonds is 5.